The third-order valence-electron chi connectivity index (χ3n) is 3.52. The minimum absolute atomic E-state index is 0.193. The third kappa shape index (κ3) is 6.04. The molecule has 0 aromatic heterocycles. The second kappa shape index (κ2) is 8.06. The molecule has 0 aliphatic rings. The molecule has 0 saturated carbocycles. The molecular formula is C16H27NO4S. The zero-order valence-electron chi connectivity index (χ0n) is 13.5. The van der Waals surface area contributed by atoms with Gasteiger partial charge in [0.2, 0.25) is 10.0 Å². The van der Waals surface area contributed by atoms with Gasteiger partial charge in [0, 0.05) is 6.04 Å². The van der Waals surface area contributed by atoms with Crippen molar-refractivity contribution in [3.8, 4) is 0 Å². The predicted octanol–water partition coefficient (Wildman–Crippen LogP) is 1.45. The van der Waals surface area contributed by atoms with Crippen molar-refractivity contribution in [3.05, 3.63) is 35.9 Å². The van der Waals surface area contributed by atoms with Crippen LogP contribution in [0.3, 0.4) is 0 Å². The van der Waals surface area contributed by atoms with Crippen molar-refractivity contribution in [2.45, 2.75) is 56.9 Å². The Labute approximate surface area is 133 Å². The van der Waals surface area contributed by atoms with Crippen LogP contribution in [0.15, 0.2) is 30.3 Å². The average molecular weight is 329 g/mol. The lowest BCUT2D eigenvalue weighted by molar-refractivity contribution is 0.0804. The van der Waals surface area contributed by atoms with E-state index in [0.717, 1.165) is 5.56 Å². The fourth-order valence-electron chi connectivity index (χ4n) is 2.01. The summed E-state index contributed by atoms with van der Waals surface area (Å²) in [6.45, 7) is 4.52. The van der Waals surface area contributed by atoms with E-state index in [-0.39, 0.29) is 13.0 Å². The van der Waals surface area contributed by atoms with Crippen LogP contribution >= 0.6 is 0 Å². The summed E-state index contributed by atoms with van der Waals surface area (Å²) in [4.78, 5) is 0. The third-order valence-corrected chi connectivity index (χ3v) is 5.78. The molecule has 0 saturated heterocycles. The van der Waals surface area contributed by atoms with Gasteiger partial charge in [-0.3, -0.25) is 0 Å². The molecular weight excluding hydrogens is 302 g/mol. The molecule has 1 aromatic carbocycles. The smallest absolute Gasteiger partial charge is 0.216 e. The Morgan fingerprint density at radius 1 is 1.18 bits per heavy atom. The maximum atomic E-state index is 12.3. The summed E-state index contributed by atoms with van der Waals surface area (Å²) in [6, 6.07) is 9.36. The van der Waals surface area contributed by atoms with Gasteiger partial charge in [-0.15, -0.1) is 0 Å². The van der Waals surface area contributed by atoms with E-state index >= 15 is 0 Å². The summed E-state index contributed by atoms with van der Waals surface area (Å²) >= 11 is 0. The van der Waals surface area contributed by atoms with Crippen LogP contribution in [-0.2, 0) is 16.4 Å². The summed E-state index contributed by atoms with van der Waals surface area (Å²) in [7, 11) is -3.50. The van der Waals surface area contributed by atoms with Crippen molar-refractivity contribution >= 4 is 10.0 Å². The van der Waals surface area contributed by atoms with Crippen molar-refractivity contribution in [3.63, 3.8) is 0 Å². The molecule has 0 spiro atoms. The Morgan fingerprint density at radius 3 is 2.27 bits per heavy atom. The monoisotopic (exact) mass is 329 g/mol. The molecule has 0 aliphatic carbocycles. The van der Waals surface area contributed by atoms with Gasteiger partial charge in [0.1, 0.15) is 0 Å². The van der Waals surface area contributed by atoms with Gasteiger partial charge in [0.05, 0.1) is 17.5 Å². The standard InChI is InChI=1S/C16H27NO4S/c1-16(2,3)22(20,21)17-14(11-15(19)12-18)10-9-13-7-5-4-6-8-13/h4-8,14-15,17-19H,9-12H2,1-3H3/t14-,15-/m1/s1. The van der Waals surface area contributed by atoms with Gasteiger partial charge in [0.25, 0.3) is 0 Å². The van der Waals surface area contributed by atoms with E-state index in [4.69, 9.17) is 5.11 Å². The van der Waals surface area contributed by atoms with E-state index in [1.165, 1.54) is 0 Å². The van der Waals surface area contributed by atoms with Crippen molar-refractivity contribution < 1.29 is 18.6 Å². The molecule has 6 heteroatoms. The zero-order chi connectivity index (χ0) is 16.8. The fourth-order valence-corrected chi connectivity index (χ4v) is 3.02. The zero-order valence-corrected chi connectivity index (χ0v) is 14.3. The molecule has 3 N–H and O–H groups in total. The van der Waals surface area contributed by atoms with Crippen LogP contribution in [0.25, 0.3) is 0 Å². The highest BCUT2D eigenvalue weighted by molar-refractivity contribution is 7.90. The highest BCUT2D eigenvalue weighted by Crippen LogP contribution is 2.17. The van der Waals surface area contributed by atoms with Gasteiger partial charge in [-0.05, 0) is 45.6 Å². The van der Waals surface area contributed by atoms with Crippen molar-refractivity contribution in [2.75, 3.05) is 6.61 Å². The van der Waals surface area contributed by atoms with Crippen LogP contribution in [0.1, 0.15) is 39.2 Å². The number of aryl methyl sites for hydroxylation is 1. The Balaban J connectivity index is 2.76. The molecule has 0 aliphatic heterocycles. The van der Waals surface area contributed by atoms with Crippen LogP contribution in [0.4, 0.5) is 0 Å². The number of hydrogen-bond acceptors (Lipinski definition) is 4. The van der Waals surface area contributed by atoms with Gasteiger partial charge in [-0.1, -0.05) is 30.3 Å². The van der Waals surface area contributed by atoms with Gasteiger partial charge in [0.15, 0.2) is 0 Å². The first-order valence-electron chi connectivity index (χ1n) is 7.50. The lowest BCUT2D eigenvalue weighted by Gasteiger charge is -2.26. The van der Waals surface area contributed by atoms with E-state index in [0.29, 0.717) is 12.8 Å². The first kappa shape index (κ1) is 19.1. The first-order valence-corrected chi connectivity index (χ1v) is 8.99. The Kier molecular flexibility index (Phi) is 6.99. The molecule has 1 rings (SSSR count). The lowest BCUT2D eigenvalue weighted by atomic mass is 10.0. The molecule has 5 nitrogen and oxygen atoms in total. The van der Waals surface area contributed by atoms with E-state index in [9.17, 15) is 13.5 Å². The van der Waals surface area contributed by atoms with Gasteiger partial charge >= 0.3 is 0 Å². The van der Waals surface area contributed by atoms with Crippen LogP contribution in [0, 0.1) is 0 Å². The summed E-state index contributed by atoms with van der Waals surface area (Å²) < 4.78 is 26.3. The van der Waals surface area contributed by atoms with Crippen molar-refractivity contribution in [2.24, 2.45) is 0 Å². The number of benzene rings is 1. The van der Waals surface area contributed by atoms with Gasteiger partial charge in [-0.25, -0.2) is 13.1 Å². The van der Waals surface area contributed by atoms with Crippen LogP contribution in [0.5, 0.6) is 0 Å². The maximum absolute atomic E-state index is 12.3. The Hall–Kier alpha value is -0.950. The van der Waals surface area contributed by atoms with E-state index < -0.39 is 26.9 Å². The minimum atomic E-state index is -3.50. The van der Waals surface area contributed by atoms with E-state index in [1.807, 2.05) is 30.3 Å². The molecule has 2 atom stereocenters. The molecule has 1 aromatic rings. The van der Waals surface area contributed by atoms with E-state index in [2.05, 4.69) is 4.72 Å². The number of rotatable bonds is 8. The summed E-state index contributed by atoms with van der Waals surface area (Å²) in [5.41, 5.74) is 1.11. The normalized spacial score (nSPS) is 15.5. The van der Waals surface area contributed by atoms with Gasteiger partial charge in [-0.2, -0.15) is 0 Å². The SMILES string of the molecule is CC(C)(C)S(=O)(=O)N[C@H](CCc1ccccc1)C[C@@H](O)CO. The van der Waals surface area contributed by atoms with Crippen molar-refractivity contribution in [1.82, 2.24) is 4.72 Å². The maximum Gasteiger partial charge on any atom is 0.216 e. The number of hydrogen-bond donors (Lipinski definition) is 3. The molecule has 22 heavy (non-hydrogen) atoms. The Morgan fingerprint density at radius 2 is 1.77 bits per heavy atom. The largest absolute Gasteiger partial charge is 0.394 e. The molecule has 0 heterocycles. The Bertz CT molecular complexity index is 537. The molecule has 126 valence electrons. The fraction of sp³-hybridized carbons (Fsp3) is 0.625. The highest BCUT2D eigenvalue weighted by atomic mass is 32.2. The van der Waals surface area contributed by atoms with Crippen LogP contribution in [-0.4, -0.2) is 42.1 Å². The summed E-state index contributed by atoms with van der Waals surface area (Å²) in [5.74, 6) is 0. The van der Waals surface area contributed by atoms with E-state index in [1.54, 1.807) is 20.8 Å². The van der Waals surface area contributed by atoms with Crippen molar-refractivity contribution in [1.29, 1.82) is 0 Å². The predicted molar refractivity (Wildman–Crippen MR) is 88.1 cm³/mol. The van der Waals surface area contributed by atoms with Crippen LogP contribution in [0.2, 0.25) is 0 Å². The summed E-state index contributed by atoms with van der Waals surface area (Å²) in [6.07, 6.45) is 0.536. The topological polar surface area (TPSA) is 86.6 Å². The van der Waals surface area contributed by atoms with Gasteiger partial charge < -0.3 is 10.2 Å². The second-order valence-corrected chi connectivity index (χ2v) is 8.99. The number of nitrogens with one attached hydrogen (secondary N) is 1. The number of aliphatic hydroxyl groups excluding tert-OH is 2. The second-order valence-electron chi connectivity index (χ2n) is 6.53. The molecule has 0 fully saturated rings. The number of aliphatic hydroxyl groups is 2. The molecule has 0 unspecified atom stereocenters. The molecule has 0 bridgehead atoms. The average Bonchev–Trinajstić information content (AvgIpc) is 2.44. The minimum Gasteiger partial charge on any atom is -0.394 e. The lowest BCUT2D eigenvalue weighted by Crippen LogP contribution is -2.46. The number of sulfonamides is 1. The molecule has 0 radical (unpaired) electrons. The quantitative estimate of drug-likeness (QED) is 0.674. The van der Waals surface area contributed by atoms with Crippen LogP contribution < -0.4 is 4.72 Å². The molecule has 0 amide bonds. The highest BCUT2D eigenvalue weighted by Gasteiger charge is 2.31. The first-order chi connectivity index (χ1) is 10.2. The summed E-state index contributed by atoms with van der Waals surface area (Å²) in [5, 5.41) is 18.6.